The summed E-state index contributed by atoms with van der Waals surface area (Å²) in [5.41, 5.74) is 3.42. The molecule has 0 aliphatic carbocycles. The van der Waals surface area contributed by atoms with E-state index in [1.165, 1.54) is 4.88 Å². The van der Waals surface area contributed by atoms with Crippen LogP contribution in [-0.2, 0) is 13.2 Å². The molecule has 0 aliphatic heterocycles. The van der Waals surface area contributed by atoms with Crippen molar-refractivity contribution in [2.24, 2.45) is 5.92 Å². The number of ether oxygens (including phenoxy) is 2. The van der Waals surface area contributed by atoms with Crippen molar-refractivity contribution >= 4 is 28.6 Å². The Morgan fingerprint density at radius 3 is 2.59 bits per heavy atom. The number of carbonyl (C=O) groups is 1. The summed E-state index contributed by atoms with van der Waals surface area (Å²) >= 11 is 3.26. The van der Waals surface area contributed by atoms with Crippen molar-refractivity contribution in [2.45, 2.75) is 33.9 Å². The third-order valence-corrected chi connectivity index (χ3v) is 7.10. The van der Waals surface area contributed by atoms with Gasteiger partial charge in [0.1, 0.15) is 23.1 Å². The van der Waals surface area contributed by atoms with Crippen molar-refractivity contribution in [3.63, 3.8) is 0 Å². The van der Waals surface area contributed by atoms with E-state index in [0.717, 1.165) is 33.6 Å². The normalized spacial score (nSPS) is 11.1. The van der Waals surface area contributed by atoms with E-state index in [2.05, 4.69) is 35.2 Å². The predicted octanol–water partition coefficient (Wildman–Crippen LogP) is 6.00. The van der Waals surface area contributed by atoms with Gasteiger partial charge in [-0.15, -0.1) is 22.7 Å². The highest BCUT2D eigenvalue weighted by atomic mass is 32.1. The average molecular weight is 496 g/mol. The summed E-state index contributed by atoms with van der Waals surface area (Å²) in [4.78, 5) is 19.0. The zero-order chi connectivity index (χ0) is 24.1. The molecule has 8 heteroatoms. The second-order valence-electron chi connectivity index (χ2n) is 8.39. The van der Waals surface area contributed by atoms with Crippen LogP contribution in [0.2, 0.25) is 0 Å². The van der Waals surface area contributed by atoms with E-state index in [1.807, 2.05) is 48.7 Å². The summed E-state index contributed by atoms with van der Waals surface area (Å²) in [7, 11) is 1.64. The number of carbonyl (C=O) groups excluding carboxylic acids is 1. The molecule has 4 rings (SSSR count). The molecule has 4 aromatic rings. The maximum atomic E-state index is 12.9. The molecule has 3 heterocycles. The van der Waals surface area contributed by atoms with Crippen LogP contribution in [0, 0.1) is 12.8 Å². The Morgan fingerprint density at radius 1 is 1.15 bits per heavy atom. The fraction of sp³-hybridized carbons (Fsp3) is 0.308. The summed E-state index contributed by atoms with van der Waals surface area (Å²) in [5.74, 6) is 1.90. The van der Waals surface area contributed by atoms with Crippen LogP contribution in [0.4, 0.5) is 0 Å². The first-order valence-electron chi connectivity index (χ1n) is 11.2. The summed E-state index contributed by atoms with van der Waals surface area (Å²) < 4.78 is 13.3. The molecule has 0 fully saturated rings. The summed E-state index contributed by atoms with van der Waals surface area (Å²) in [6.45, 7) is 7.90. The Balaban J connectivity index is 1.57. The van der Waals surface area contributed by atoms with Gasteiger partial charge in [0.05, 0.1) is 30.6 Å². The first kappa shape index (κ1) is 24.0. The smallest absolute Gasteiger partial charge is 0.253 e. The minimum atomic E-state index is -0.0457. The van der Waals surface area contributed by atoms with E-state index in [9.17, 15) is 4.79 Å². The maximum absolute atomic E-state index is 12.9. The topological polar surface area (TPSA) is 65.4 Å². The monoisotopic (exact) mass is 495 g/mol. The Bertz CT molecular complexity index is 1220. The molecule has 1 N–H and O–H groups in total. The fourth-order valence-electron chi connectivity index (χ4n) is 3.55. The highest BCUT2D eigenvalue weighted by Gasteiger charge is 2.21. The van der Waals surface area contributed by atoms with Gasteiger partial charge >= 0.3 is 0 Å². The summed E-state index contributed by atoms with van der Waals surface area (Å²) in [5, 5.41) is 8.02. The summed E-state index contributed by atoms with van der Waals surface area (Å²) in [6, 6.07) is 13.6. The van der Waals surface area contributed by atoms with Crippen LogP contribution in [0.1, 0.15) is 39.8 Å². The molecule has 0 spiro atoms. The Morgan fingerprint density at radius 2 is 1.91 bits per heavy atom. The number of nitrogens with one attached hydrogen (secondary N) is 1. The van der Waals surface area contributed by atoms with Gasteiger partial charge < -0.3 is 19.4 Å². The SMILES string of the molecule is COc1ccc(OCc2nc(-c3cc(C(=O)NCC(C)C)c(C)n3Cc3cccs3)cs2)cc1. The molecule has 0 unspecified atom stereocenters. The molecule has 0 atom stereocenters. The lowest BCUT2D eigenvalue weighted by Crippen LogP contribution is -2.27. The third-order valence-electron chi connectivity index (χ3n) is 5.41. The second kappa shape index (κ2) is 10.9. The summed E-state index contributed by atoms with van der Waals surface area (Å²) in [6.07, 6.45) is 0. The maximum Gasteiger partial charge on any atom is 0.253 e. The van der Waals surface area contributed by atoms with Crippen LogP contribution in [-0.4, -0.2) is 29.1 Å². The molecule has 0 saturated heterocycles. The number of thiazole rings is 1. The number of amides is 1. The van der Waals surface area contributed by atoms with Crippen molar-refractivity contribution in [1.82, 2.24) is 14.9 Å². The molecule has 34 heavy (non-hydrogen) atoms. The van der Waals surface area contributed by atoms with Crippen molar-refractivity contribution in [3.05, 3.63) is 74.4 Å². The lowest BCUT2D eigenvalue weighted by Gasteiger charge is -2.10. The lowest BCUT2D eigenvalue weighted by atomic mass is 10.2. The van der Waals surface area contributed by atoms with E-state index >= 15 is 0 Å². The molecule has 3 aromatic heterocycles. The van der Waals surface area contributed by atoms with Crippen LogP contribution < -0.4 is 14.8 Å². The number of hydrogen-bond donors (Lipinski definition) is 1. The Hall–Kier alpha value is -3.10. The number of hydrogen-bond acceptors (Lipinski definition) is 6. The number of methoxy groups -OCH3 is 1. The van der Waals surface area contributed by atoms with E-state index in [-0.39, 0.29) is 5.91 Å². The van der Waals surface area contributed by atoms with Gasteiger partial charge in [-0.2, -0.15) is 0 Å². The minimum absolute atomic E-state index is 0.0457. The number of nitrogens with zero attached hydrogens (tertiary/aromatic N) is 2. The number of benzene rings is 1. The number of aromatic nitrogens is 2. The van der Waals surface area contributed by atoms with Gasteiger partial charge in [0.25, 0.3) is 5.91 Å². The highest BCUT2D eigenvalue weighted by Crippen LogP contribution is 2.29. The molecule has 6 nitrogen and oxygen atoms in total. The van der Waals surface area contributed by atoms with Crippen molar-refractivity contribution in [2.75, 3.05) is 13.7 Å². The quantitative estimate of drug-likeness (QED) is 0.293. The second-order valence-corrected chi connectivity index (χ2v) is 10.4. The molecule has 1 amide bonds. The molecule has 0 bridgehead atoms. The van der Waals surface area contributed by atoms with Gasteiger partial charge in [-0.05, 0) is 54.6 Å². The standard InChI is InChI=1S/C26H29N3O3S2/c1-17(2)13-27-26(30)22-12-24(29(18(22)3)14-21-6-5-11-33-21)23-16-34-25(28-23)15-32-20-9-7-19(31-4)8-10-20/h5-12,16-17H,13-15H2,1-4H3,(H,27,30). The minimum Gasteiger partial charge on any atom is -0.497 e. The van der Waals surface area contributed by atoms with Crippen molar-refractivity contribution in [1.29, 1.82) is 0 Å². The number of thiophene rings is 1. The molecular weight excluding hydrogens is 466 g/mol. The zero-order valence-electron chi connectivity index (χ0n) is 19.8. The molecular formula is C26H29N3O3S2. The first-order valence-corrected chi connectivity index (χ1v) is 12.9. The molecule has 0 radical (unpaired) electrons. The van der Waals surface area contributed by atoms with Crippen LogP contribution >= 0.6 is 22.7 Å². The zero-order valence-corrected chi connectivity index (χ0v) is 21.5. The predicted molar refractivity (Wildman–Crippen MR) is 138 cm³/mol. The fourth-order valence-corrected chi connectivity index (χ4v) is 4.95. The van der Waals surface area contributed by atoms with E-state index < -0.39 is 0 Å². The van der Waals surface area contributed by atoms with Crippen LogP contribution in [0.15, 0.2) is 53.2 Å². The largest absolute Gasteiger partial charge is 0.497 e. The molecule has 0 aliphatic rings. The van der Waals surface area contributed by atoms with E-state index in [0.29, 0.717) is 31.2 Å². The van der Waals surface area contributed by atoms with Crippen LogP contribution in [0.5, 0.6) is 11.5 Å². The third kappa shape index (κ3) is 5.69. The van der Waals surface area contributed by atoms with E-state index in [1.54, 1.807) is 29.8 Å². The van der Waals surface area contributed by atoms with Gasteiger partial charge in [-0.25, -0.2) is 4.98 Å². The van der Waals surface area contributed by atoms with Crippen molar-refractivity contribution in [3.8, 4) is 22.9 Å². The van der Waals surface area contributed by atoms with Gasteiger partial charge in [0.2, 0.25) is 0 Å². The van der Waals surface area contributed by atoms with Crippen LogP contribution in [0.25, 0.3) is 11.4 Å². The Kier molecular flexibility index (Phi) is 7.70. The van der Waals surface area contributed by atoms with Crippen LogP contribution in [0.3, 0.4) is 0 Å². The van der Waals surface area contributed by atoms with E-state index in [4.69, 9.17) is 14.5 Å². The van der Waals surface area contributed by atoms with Gasteiger partial charge in [-0.1, -0.05) is 19.9 Å². The van der Waals surface area contributed by atoms with Crippen molar-refractivity contribution < 1.29 is 14.3 Å². The van der Waals surface area contributed by atoms with Gasteiger partial charge in [0.15, 0.2) is 0 Å². The number of rotatable bonds is 10. The Labute approximate surface area is 208 Å². The molecule has 1 aromatic carbocycles. The first-order chi connectivity index (χ1) is 16.4. The van der Waals surface area contributed by atoms with Gasteiger partial charge in [0, 0.05) is 22.5 Å². The average Bonchev–Trinajstić information content (AvgIpc) is 3.58. The highest BCUT2D eigenvalue weighted by molar-refractivity contribution is 7.10. The molecule has 0 saturated carbocycles. The van der Waals surface area contributed by atoms with Gasteiger partial charge in [-0.3, -0.25) is 4.79 Å². The lowest BCUT2D eigenvalue weighted by molar-refractivity contribution is 0.0948. The molecule has 178 valence electrons.